The van der Waals surface area contributed by atoms with Gasteiger partial charge in [-0.3, -0.25) is 0 Å². The predicted octanol–water partition coefficient (Wildman–Crippen LogP) is 3.19. The summed E-state index contributed by atoms with van der Waals surface area (Å²) in [6, 6.07) is 9.72. The average Bonchev–Trinajstić information content (AvgIpc) is 2.50. The van der Waals surface area contributed by atoms with Crippen LogP contribution in [0.1, 0.15) is 24.7 Å². The molecule has 0 saturated heterocycles. The third-order valence-electron chi connectivity index (χ3n) is 2.92. The number of aryl methyl sites for hydroxylation is 1. The summed E-state index contributed by atoms with van der Waals surface area (Å²) in [5, 5.41) is 3.28. The smallest absolute Gasteiger partial charge is 0.218 e. The summed E-state index contributed by atoms with van der Waals surface area (Å²) >= 11 is 0. The number of anilines is 1. The largest absolute Gasteiger partial charge is 0.496 e. The average molecular weight is 287 g/mol. The lowest BCUT2D eigenvalue weighted by atomic mass is 10.2. The van der Waals surface area contributed by atoms with Crippen molar-refractivity contribution in [1.82, 2.24) is 9.97 Å². The molecule has 0 atom stereocenters. The van der Waals surface area contributed by atoms with Gasteiger partial charge in [-0.1, -0.05) is 25.1 Å². The fraction of sp³-hybridized carbons (Fsp3) is 0.375. The fourth-order valence-electron chi connectivity index (χ4n) is 1.95. The molecule has 1 aromatic carbocycles. The van der Waals surface area contributed by atoms with Gasteiger partial charge in [0.1, 0.15) is 17.4 Å². The second-order valence-electron chi connectivity index (χ2n) is 4.65. The van der Waals surface area contributed by atoms with Gasteiger partial charge in [0, 0.05) is 18.2 Å². The van der Waals surface area contributed by atoms with E-state index in [0.29, 0.717) is 24.9 Å². The van der Waals surface area contributed by atoms with Crippen LogP contribution in [0.2, 0.25) is 0 Å². The standard InChI is InChI=1S/C16H21N3O2/c1-4-9-21-16-10-15(18-12(2)19-16)17-11-13-7-5-6-8-14(13)20-3/h5-8,10H,4,9,11H2,1-3H3,(H,17,18,19). The summed E-state index contributed by atoms with van der Waals surface area (Å²) in [6.07, 6.45) is 0.951. The molecule has 0 saturated carbocycles. The van der Waals surface area contributed by atoms with Gasteiger partial charge >= 0.3 is 0 Å². The van der Waals surface area contributed by atoms with E-state index in [1.807, 2.05) is 37.3 Å². The van der Waals surface area contributed by atoms with Crippen LogP contribution in [0.4, 0.5) is 5.82 Å². The van der Waals surface area contributed by atoms with Gasteiger partial charge in [-0.15, -0.1) is 0 Å². The Morgan fingerprint density at radius 3 is 2.76 bits per heavy atom. The summed E-state index contributed by atoms with van der Waals surface area (Å²) in [7, 11) is 1.67. The number of ether oxygens (including phenoxy) is 2. The first-order chi connectivity index (χ1) is 10.2. The van der Waals surface area contributed by atoms with Gasteiger partial charge in [0.25, 0.3) is 0 Å². The molecule has 5 heteroatoms. The van der Waals surface area contributed by atoms with Crippen LogP contribution in [-0.4, -0.2) is 23.7 Å². The monoisotopic (exact) mass is 287 g/mol. The molecule has 1 N–H and O–H groups in total. The van der Waals surface area contributed by atoms with Gasteiger partial charge in [-0.05, 0) is 19.4 Å². The van der Waals surface area contributed by atoms with E-state index in [1.54, 1.807) is 7.11 Å². The minimum atomic E-state index is 0.604. The zero-order chi connectivity index (χ0) is 15.1. The minimum absolute atomic E-state index is 0.604. The van der Waals surface area contributed by atoms with E-state index >= 15 is 0 Å². The summed E-state index contributed by atoms with van der Waals surface area (Å²) in [5.41, 5.74) is 1.08. The normalized spacial score (nSPS) is 10.2. The van der Waals surface area contributed by atoms with E-state index in [4.69, 9.17) is 9.47 Å². The summed E-state index contributed by atoms with van der Waals surface area (Å²) in [4.78, 5) is 8.63. The first-order valence-electron chi connectivity index (χ1n) is 7.07. The Hall–Kier alpha value is -2.30. The van der Waals surface area contributed by atoms with Gasteiger partial charge in [0.2, 0.25) is 5.88 Å². The molecule has 5 nitrogen and oxygen atoms in total. The lowest BCUT2D eigenvalue weighted by molar-refractivity contribution is 0.304. The van der Waals surface area contributed by atoms with Crippen molar-refractivity contribution < 1.29 is 9.47 Å². The molecule has 112 valence electrons. The van der Waals surface area contributed by atoms with Gasteiger partial charge in [-0.25, -0.2) is 4.98 Å². The second kappa shape index (κ2) is 7.47. The van der Waals surface area contributed by atoms with Crippen molar-refractivity contribution in [2.45, 2.75) is 26.8 Å². The summed E-state index contributed by atoms with van der Waals surface area (Å²) < 4.78 is 10.9. The third-order valence-corrected chi connectivity index (χ3v) is 2.92. The van der Waals surface area contributed by atoms with E-state index in [0.717, 1.165) is 23.6 Å². The quantitative estimate of drug-likeness (QED) is 0.847. The number of rotatable bonds is 7. The molecule has 1 aromatic heterocycles. The van der Waals surface area contributed by atoms with Crippen LogP contribution in [0.25, 0.3) is 0 Å². The van der Waals surface area contributed by atoms with E-state index < -0.39 is 0 Å². The highest BCUT2D eigenvalue weighted by Crippen LogP contribution is 2.19. The SMILES string of the molecule is CCCOc1cc(NCc2ccccc2OC)nc(C)n1. The molecule has 1 heterocycles. The number of hydrogen-bond acceptors (Lipinski definition) is 5. The van der Waals surface area contributed by atoms with Crippen molar-refractivity contribution in [1.29, 1.82) is 0 Å². The highest BCUT2D eigenvalue weighted by molar-refractivity contribution is 5.42. The Kier molecular flexibility index (Phi) is 5.37. The van der Waals surface area contributed by atoms with Crippen LogP contribution in [0.5, 0.6) is 11.6 Å². The zero-order valence-electron chi connectivity index (χ0n) is 12.7. The van der Waals surface area contributed by atoms with Crippen LogP contribution in [0.15, 0.2) is 30.3 Å². The van der Waals surface area contributed by atoms with Crippen LogP contribution in [-0.2, 0) is 6.54 Å². The van der Waals surface area contributed by atoms with Gasteiger partial charge < -0.3 is 14.8 Å². The van der Waals surface area contributed by atoms with Gasteiger partial charge in [-0.2, -0.15) is 4.98 Å². The molecule has 0 amide bonds. The van der Waals surface area contributed by atoms with Crippen molar-refractivity contribution >= 4 is 5.82 Å². The van der Waals surface area contributed by atoms with Crippen molar-refractivity contribution in [3.8, 4) is 11.6 Å². The Balaban J connectivity index is 2.07. The number of hydrogen-bond donors (Lipinski definition) is 1. The summed E-state index contributed by atoms with van der Waals surface area (Å²) in [6.45, 7) is 5.21. The van der Waals surface area contributed by atoms with Crippen LogP contribution >= 0.6 is 0 Å². The Labute approximate surface area is 125 Å². The van der Waals surface area contributed by atoms with Gasteiger partial charge in [0.05, 0.1) is 13.7 Å². The number of benzene rings is 1. The zero-order valence-corrected chi connectivity index (χ0v) is 12.7. The predicted molar refractivity (Wildman–Crippen MR) is 82.9 cm³/mol. The molecule has 0 aliphatic carbocycles. The molecule has 21 heavy (non-hydrogen) atoms. The molecule has 0 aliphatic rings. The number of aromatic nitrogens is 2. The van der Waals surface area contributed by atoms with E-state index in [2.05, 4.69) is 22.2 Å². The first-order valence-corrected chi connectivity index (χ1v) is 7.07. The van der Waals surface area contributed by atoms with Crippen LogP contribution in [0, 0.1) is 6.92 Å². The maximum absolute atomic E-state index is 5.56. The number of para-hydroxylation sites is 1. The van der Waals surface area contributed by atoms with Crippen LogP contribution in [0.3, 0.4) is 0 Å². The molecule has 0 radical (unpaired) electrons. The number of nitrogens with one attached hydrogen (secondary N) is 1. The van der Waals surface area contributed by atoms with Crippen molar-refractivity contribution in [3.05, 3.63) is 41.7 Å². The van der Waals surface area contributed by atoms with Crippen molar-refractivity contribution in [2.24, 2.45) is 0 Å². The molecule has 0 unspecified atom stereocenters. The molecule has 0 spiro atoms. The molecular weight excluding hydrogens is 266 g/mol. The molecule has 2 rings (SSSR count). The minimum Gasteiger partial charge on any atom is -0.496 e. The molecular formula is C16H21N3O2. The Bertz CT molecular complexity index is 587. The highest BCUT2D eigenvalue weighted by Gasteiger charge is 2.05. The van der Waals surface area contributed by atoms with Crippen LogP contribution < -0.4 is 14.8 Å². The van der Waals surface area contributed by atoms with Crippen molar-refractivity contribution in [2.75, 3.05) is 19.0 Å². The topological polar surface area (TPSA) is 56.3 Å². The lowest BCUT2D eigenvalue weighted by Gasteiger charge is -2.11. The Morgan fingerprint density at radius 2 is 2.00 bits per heavy atom. The second-order valence-corrected chi connectivity index (χ2v) is 4.65. The first kappa shape index (κ1) is 15.1. The maximum atomic E-state index is 5.56. The molecule has 0 bridgehead atoms. The highest BCUT2D eigenvalue weighted by atomic mass is 16.5. The molecule has 0 fully saturated rings. The lowest BCUT2D eigenvalue weighted by Crippen LogP contribution is -2.06. The fourth-order valence-corrected chi connectivity index (χ4v) is 1.95. The van der Waals surface area contributed by atoms with E-state index in [1.165, 1.54) is 0 Å². The Morgan fingerprint density at radius 1 is 1.19 bits per heavy atom. The maximum Gasteiger partial charge on any atom is 0.218 e. The molecule has 0 aliphatic heterocycles. The van der Waals surface area contributed by atoms with Gasteiger partial charge in [0.15, 0.2) is 0 Å². The van der Waals surface area contributed by atoms with E-state index in [-0.39, 0.29) is 0 Å². The number of nitrogens with zero attached hydrogens (tertiary/aromatic N) is 2. The summed E-state index contributed by atoms with van der Waals surface area (Å²) in [5.74, 6) is 2.90. The van der Waals surface area contributed by atoms with E-state index in [9.17, 15) is 0 Å². The van der Waals surface area contributed by atoms with Crippen molar-refractivity contribution in [3.63, 3.8) is 0 Å². The number of methoxy groups -OCH3 is 1. The molecule has 2 aromatic rings. The third kappa shape index (κ3) is 4.34.